The molecule has 24 heavy (non-hydrogen) atoms. The molecular weight excluding hydrogens is 307 g/mol. The molecule has 0 aliphatic heterocycles. The van der Waals surface area contributed by atoms with Crippen LogP contribution in [0.25, 0.3) is 11.1 Å². The number of carbonyl (C=O) groups is 1. The van der Waals surface area contributed by atoms with Gasteiger partial charge in [0, 0.05) is 18.0 Å². The standard InChI is InChI=1S/C19H21FN2O2/c1-2-24-18(23)16-9-7-14(8-10-16)13-3-5-15(6-4-13)17-11-21-19(20)22-12-17/h3-6,11-12,14,16H,2,7-10H2,1H3. The summed E-state index contributed by atoms with van der Waals surface area (Å²) in [6, 6.07) is 8.24. The predicted octanol–water partition coefficient (Wildman–Crippen LogP) is 4.12. The smallest absolute Gasteiger partial charge is 0.308 e. The third-order valence-corrected chi connectivity index (χ3v) is 4.68. The van der Waals surface area contributed by atoms with Crippen molar-refractivity contribution in [3.63, 3.8) is 0 Å². The molecule has 3 rings (SSSR count). The Hall–Kier alpha value is -2.30. The van der Waals surface area contributed by atoms with Crippen LogP contribution in [-0.4, -0.2) is 22.5 Å². The zero-order valence-electron chi connectivity index (χ0n) is 13.7. The van der Waals surface area contributed by atoms with E-state index in [1.807, 2.05) is 19.1 Å². The Labute approximate surface area is 141 Å². The van der Waals surface area contributed by atoms with Gasteiger partial charge in [-0.3, -0.25) is 4.79 Å². The van der Waals surface area contributed by atoms with E-state index < -0.39 is 6.08 Å². The monoisotopic (exact) mass is 328 g/mol. The average Bonchev–Trinajstić information content (AvgIpc) is 2.63. The molecule has 126 valence electrons. The first kappa shape index (κ1) is 16.6. The zero-order chi connectivity index (χ0) is 16.9. The fourth-order valence-electron chi connectivity index (χ4n) is 3.33. The normalized spacial score (nSPS) is 20.6. The van der Waals surface area contributed by atoms with E-state index in [4.69, 9.17) is 4.74 Å². The molecule has 0 radical (unpaired) electrons. The van der Waals surface area contributed by atoms with Crippen LogP contribution in [0, 0.1) is 12.0 Å². The summed E-state index contributed by atoms with van der Waals surface area (Å²) in [5, 5.41) is 0. The predicted molar refractivity (Wildman–Crippen MR) is 88.8 cm³/mol. The molecule has 1 aliphatic rings. The van der Waals surface area contributed by atoms with E-state index >= 15 is 0 Å². The highest BCUT2D eigenvalue weighted by atomic mass is 19.1. The molecule has 1 aliphatic carbocycles. The minimum atomic E-state index is -0.714. The van der Waals surface area contributed by atoms with E-state index in [-0.39, 0.29) is 11.9 Å². The number of esters is 1. The van der Waals surface area contributed by atoms with Gasteiger partial charge in [-0.05, 0) is 49.7 Å². The molecule has 0 saturated heterocycles. The van der Waals surface area contributed by atoms with Crippen molar-refractivity contribution in [3.05, 3.63) is 48.3 Å². The molecular formula is C19H21FN2O2. The van der Waals surface area contributed by atoms with E-state index in [9.17, 15) is 9.18 Å². The second-order valence-electron chi connectivity index (χ2n) is 6.16. The summed E-state index contributed by atoms with van der Waals surface area (Å²) in [6.45, 7) is 2.30. The lowest BCUT2D eigenvalue weighted by Crippen LogP contribution is -2.23. The first-order valence-corrected chi connectivity index (χ1v) is 8.42. The van der Waals surface area contributed by atoms with Gasteiger partial charge in [0.15, 0.2) is 0 Å². The number of benzene rings is 1. The Morgan fingerprint density at radius 1 is 1.08 bits per heavy atom. The fraction of sp³-hybridized carbons (Fsp3) is 0.421. The van der Waals surface area contributed by atoms with Crippen LogP contribution in [0.15, 0.2) is 36.7 Å². The summed E-state index contributed by atoms with van der Waals surface area (Å²) in [6.07, 6.45) is 6.04. The molecule has 0 N–H and O–H groups in total. The van der Waals surface area contributed by atoms with Gasteiger partial charge in [0.25, 0.3) is 0 Å². The second kappa shape index (κ2) is 7.51. The lowest BCUT2D eigenvalue weighted by molar-refractivity contribution is -0.149. The molecule has 1 aromatic heterocycles. The number of hydrogen-bond acceptors (Lipinski definition) is 4. The number of halogens is 1. The van der Waals surface area contributed by atoms with Crippen LogP contribution in [0.4, 0.5) is 4.39 Å². The number of nitrogens with zero attached hydrogens (tertiary/aromatic N) is 2. The second-order valence-corrected chi connectivity index (χ2v) is 6.16. The molecule has 1 heterocycles. The Morgan fingerprint density at radius 2 is 1.71 bits per heavy atom. The van der Waals surface area contributed by atoms with Crippen LogP contribution < -0.4 is 0 Å². The maximum atomic E-state index is 12.8. The van der Waals surface area contributed by atoms with Crippen molar-refractivity contribution in [1.82, 2.24) is 9.97 Å². The van der Waals surface area contributed by atoms with E-state index in [2.05, 4.69) is 22.1 Å². The number of aromatic nitrogens is 2. The SMILES string of the molecule is CCOC(=O)C1CCC(c2ccc(-c3cnc(F)nc3)cc2)CC1. The van der Waals surface area contributed by atoms with Crippen molar-refractivity contribution < 1.29 is 13.9 Å². The van der Waals surface area contributed by atoms with Crippen LogP contribution in [0.1, 0.15) is 44.1 Å². The number of hydrogen-bond donors (Lipinski definition) is 0. The number of ether oxygens (including phenoxy) is 1. The Bertz CT molecular complexity index is 678. The van der Waals surface area contributed by atoms with Gasteiger partial charge in [0.1, 0.15) is 0 Å². The molecule has 5 heteroatoms. The molecule has 2 aromatic rings. The highest BCUT2D eigenvalue weighted by Gasteiger charge is 2.27. The quantitative estimate of drug-likeness (QED) is 0.626. The van der Waals surface area contributed by atoms with Gasteiger partial charge in [-0.25, -0.2) is 9.97 Å². The molecule has 1 aromatic carbocycles. The van der Waals surface area contributed by atoms with E-state index in [1.54, 1.807) is 0 Å². The Balaban J connectivity index is 1.62. The van der Waals surface area contributed by atoms with Crippen LogP contribution >= 0.6 is 0 Å². The van der Waals surface area contributed by atoms with Gasteiger partial charge in [0.05, 0.1) is 12.5 Å². The summed E-state index contributed by atoms with van der Waals surface area (Å²) in [5.74, 6) is 0.480. The summed E-state index contributed by atoms with van der Waals surface area (Å²) in [7, 11) is 0. The van der Waals surface area contributed by atoms with Gasteiger partial charge in [0.2, 0.25) is 0 Å². The van der Waals surface area contributed by atoms with E-state index in [0.29, 0.717) is 12.5 Å². The van der Waals surface area contributed by atoms with Crippen LogP contribution in [0.2, 0.25) is 0 Å². The highest BCUT2D eigenvalue weighted by Crippen LogP contribution is 2.36. The molecule has 0 amide bonds. The third-order valence-electron chi connectivity index (χ3n) is 4.68. The summed E-state index contributed by atoms with van der Waals surface area (Å²) < 4.78 is 17.9. The first-order chi connectivity index (χ1) is 11.7. The fourth-order valence-corrected chi connectivity index (χ4v) is 3.33. The highest BCUT2D eigenvalue weighted by molar-refractivity contribution is 5.72. The summed E-state index contributed by atoms with van der Waals surface area (Å²) in [4.78, 5) is 19.0. The molecule has 0 bridgehead atoms. The maximum Gasteiger partial charge on any atom is 0.308 e. The van der Waals surface area contributed by atoms with Crippen LogP contribution in [0.3, 0.4) is 0 Å². The van der Waals surface area contributed by atoms with Crippen molar-refractivity contribution in [3.8, 4) is 11.1 Å². The lowest BCUT2D eigenvalue weighted by atomic mass is 9.78. The van der Waals surface area contributed by atoms with Crippen molar-refractivity contribution in [2.75, 3.05) is 6.61 Å². The molecule has 1 fully saturated rings. The molecule has 0 atom stereocenters. The van der Waals surface area contributed by atoms with E-state index in [1.165, 1.54) is 18.0 Å². The lowest BCUT2D eigenvalue weighted by Gasteiger charge is -2.27. The van der Waals surface area contributed by atoms with E-state index in [0.717, 1.165) is 36.8 Å². The number of rotatable bonds is 4. The minimum Gasteiger partial charge on any atom is -0.466 e. The third kappa shape index (κ3) is 3.78. The van der Waals surface area contributed by atoms with Crippen molar-refractivity contribution in [2.24, 2.45) is 5.92 Å². The molecule has 0 unspecified atom stereocenters. The van der Waals surface area contributed by atoms with Crippen molar-refractivity contribution >= 4 is 5.97 Å². The molecule has 1 saturated carbocycles. The minimum absolute atomic E-state index is 0.0526. The first-order valence-electron chi connectivity index (χ1n) is 8.42. The van der Waals surface area contributed by atoms with Gasteiger partial charge in [-0.15, -0.1) is 0 Å². The van der Waals surface area contributed by atoms with Gasteiger partial charge in [-0.1, -0.05) is 24.3 Å². The molecule has 0 spiro atoms. The molecule has 4 nitrogen and oxygen atoms in total. The largest absolute Gasteiger partial charge is 0.466 e. The number of carbonyl (C=O) groups excluding carboxylic acids is 1. The summed E-state index contributed by atoms with van der Waals surface area (Å²) >= 11 is 0. The Kier molecular flexibility index (Phi) is 5.18. The Morgan fingerprint density at radius 3 is 2.29 bits per heavy atom. The van der Waals surface area contributed by atoms with Gasteiger partial charge < -0.3 is 4.74 Å². The summed E-state index contributed by atoms with van der Waals surface area (Å²) in [5.41, 5.74) is 3.05. The van der Waals surface area contributed by atoms with Gasteiger partial charge in [-0.2, -0.15) is 4.39 Å². The van der Waals surface area contributed by atoms with Crippen LogP contribution in [0.5, 0.6) is 0 Å². The zero-order valence-corrected chi connectivity index (χ0v) is 13.7. The maximum absolute atomic E-state index is 12.8. The topological polar surface area (TPSA) is 52.1 Å². The van der Waals surface area contributed by atoms with Crippen molar-refractivity contribution in [2.45, 2.75) is 38.5 Å². The van der Waals surface area contributed by atoms with Crippen molar-refractivity contribution in [1.29, 1.82) is 0 Å². The van der Waals surface area contributed by atoms with Crippen LogP contribution in [-0.2, 0) is 9.53 Å². The van der Waals surface area contributed by atoms with Gasteiger partial charge >= 0.3 is 12.0 Å². The average molecular weight is 328 g/mol.